The highest BCUT2D eigenvalue weighted by Crippen LogP contribution is 2.31. The Kier molecular flexibility index (Phi) is 8.57. The first kappa shape index (κ1) is 17.8. The van der Waals surface area contributed by atoms with Gasteiger partial charge in [-0.15, -0.1) is 0 Å². The molecule has 0 amide bonds. The van der Waals surface area contributed by atoms with Gasteiger partial charge in [0.2, 0.25) is 0 Å². The van der Waals surface area contributed by atoms with E-state index in [1.165, 1.54) is 25.0 Å². The standard InChI is InChI=1S/C15H29NO3S/c1-20-11-5-3-2-4-10-16-12-15(19)8-6-13(7-9-15)14(17)18/h13,16,19H,2-12H2,1H3,(H,17,18). The summed E-state index contributed by atoms with van der Waals surface area (Å²) in [5, 5.41) is 22.7. The van der Waals surface area contributed by atoms with Crippen molar-refractivity contribution in [3.63, 3.8) is 0 Å². The minimum atomic E-state index is -0.717. The molecule has 0 aliphatic heterocycles. The highest BCUT2D eigenvalue weighted by Gasteiger charge is 2.35. The molecule has 1 aliphatic carbocycles. The molecule has 0 radical (unpaired) electrons. The van der Waals surface area contributed by atoms with E-state index in [9.17, 15) is 9.90 Å². The van der Waals surface area contributed by atoms with Crippen molar-refractivity contribution in [2.75, 3.05) is 25.1 Å². The third kappa shape index (κ3) is 6.95. The average Bonchev–Trinajstić information content (AvgIpc) is 2.42. The van der Waals surface area contributed by atoms with Crippen molar-refractivity contribution >= 4 is 17.7 Å². The Morgan fingerprint density at radius 2 is 1.90 bits per heavy atom. The number of nitrogens with one attached hydrogen (secondary N) is 1. The molecule has 4 nitrogen and oxygen atoms in total. The second-order valence-electron chi connectivity index (χ2n) is 5.92. The fourth-order valence-electron chi connectivity index (χ4n) is 2.75. The van der Waals surface area contributed by atoms with E-state index in [1.54, 1.807) is 0 Å². The Balaban J connectivity index is 2.03. The van der Waals surface area contributed by atoms with Crippen LogP contribution in [0.4, 0.5) is 0 Å². The second-order valence-corrected chi connectivity index (χ2v) is 6.91. The van der Waals surface area contributed by atoms with E-state index in [0.29, 0.717) is 32.2 Å². The van der Waals surface area contributed by atoms with Crippen LogP contribution in [-0.4, -0.2) is 46.9 Å². The smallest absolute Gasteiger partial charge is 0.306 e. The Hall–Kier alpha value is -0.260. The number of thioether (sulfide) groups is 1. The van der Waals surface area contributed by atoms with E-state index in [2.05, 4.69) is 11.6 Å². The molecule has 1 rings (SSSR count). The SMILES string of the molecule is CSCCCCCCNCC1(O)CCC(C(=O)O)CC1. The molecule has 1 fully saturated rings. The van der Waals surface area contributed by atoms with Gasteiger partial charge < -0.3 is 15.5 Å². The number of rotatable bonds is 10. The molecular weight excluding hydrogens is 274 g/mol. The van der Waals surface area contributed by atoms with Gasteiger partial charge in [0.05, 0.1) is 11.5 Å². The molecule has 0 atom stereocenters. The van der Waals surface area contributed by atoms with Crippen LogP contribution < -0.4 is 5.32 Å². The number of carbonyl (C=O) groups is 1. The van der Waals surface area contributed by atoms with Crippen LogP contribution in [0.1, 0.15) is 51.4 Å². The zero-order chi connectivity index (χ0) is 14.8. The monoisotopic (exact) mass is 303 g/mol. The second kappa shape index (κ2) is 9.64. The number of carboxylic acid groups (broad SMARTS) is 1. The van der Waals surface area contributed by atoms with Crippen molar-refractivity contribution in [1.29, 1.82) is 0 Å². The summed E-state index contributed by atoms with van der Waals surface area (Å²) in [5.74, 6) is 0.273. The summed E-state index contributed by atoms with van der Waals surface area (Å²) in [7, 11) is 0. The summed E-state index contributed by atoms with van der Waals surface area (Å²) >= 11 is 1.90. The molecule has 3 N–H and O–H groups in total. The van der Waals surface area contributed by atoms with Gasteiger partial charge in [0.1, 0.15) is 0 Å². The van der Waals surface area contributed by atoms with Gasteiger partial charge in [-0.25, -0.2) is 0 Å². The lowest BCUT2D eigenvalue weighted by Crippen LogP contribution is -2.44. The molecule has 20 heavy (non-hydrogen) atoms. The van der Waals surface area contributed by atoms with Crippen LogP contribution in [0, 0.1) is 5.92 Å². The first-order valence-electron chi connectivity index (χ1n) is 7.72. The highest BCUT2D eigenvalue weighted by atomic mass is 32.2. The average molecular weight is 303 g/mol. The van der Waals surface area contributed by atoms with Crippen LogP contribution >= 0.6 is 11.8 Å². The number of carboxylic acids is 1. The maximum Gasteiger partial charge on any atom is 0.306 e. The van der Waals surface area contributed by atoms with Crippen LogP contribution in [0.3, 0.4) is 0 Å². The predicted molar refractivity (Wildman–Crippen MR) is 84.3 cm³/mol. The van der Waals surface area contributed by atoms with Gasteiger partial charge in [0.15, 0.2) is 0 Å². The molecular formula is C15H29NO3S. The third-order valence-electron chi connectivity index (χ3n) is 4.17. The predicted octanol–water partition coefficient (Wildman–Crippen LogP) is 2.51. The quantitative estimate of drug-likeness (QED) is 0.541. The molecule has 1 saturated carbocycles. The normalized spacial score (nSPS) is 26.6. The summed E-state index contributed by atoms with van der Waals surface area (Å²) in [6.45, 7) is 1.55. The largest absolute Gasteiger partial charge is 0.481 e. The van der Waals surface area contributed by atoms with Gasteiger partial charge in [-0.3, -0.25) is 4.79 Å². The molecule has 0 aromatic heterocycles. The van der Waals surface area contributed by atoms with Crippen molar-refractivity contribution in [3.05, 3.63) is 0 Å². The lowest BCUT2D eigenvalue weighted by Gasteiger charge is -2.34. The van der Waals surface area contributed by atoms with Gasteiger partial charge in [-0.1, -0.05) is 12.8 Å². The zero-order valence-corrected chi connectivity index (χ0v) is 13.4. The van der Waals surface area contributed by atoms with E-state index in [0.717, 1.165) is 13.0 Å². The van der Waals surface area contributed by atoms with E-state index < -0.39 is 11.6 Å². The van der Waals surface area contributed by atoms with E-state index >= 15 is 0 Å². The molecule has 0 aromatic carbocycles. The highest BCUT2D eigenvalue weighted by molar-refractivity contribution is 7.98. The lowest BCUT2D eigenvalue weighted by atomic mass is 9.79. The van der Waals surface area contributed by atoms with Crippen molar-refractivity contribution in [3.8, 4) is 0 Å². The van der Waals surface area contributed by atoms with Gasteiger partial charge in [0.25, 0.3) is 0 Å². The van der Waals surface area contributed by atoms with Crippen LogP contribution in [0.2, 0.25) is 0 Å². The molecule has 118 valence electrons. The van der Waals surface area contributed by atoms with Crippen molar-refractivity contribution in [1.82, 2.24) is 5.32 Å². The zero-order valence-electron chi connectivity index (χ0n) is 12.6. The van der Waals surface area contributed by atoms with Crippen LogP contribution in [0.15, 0.2) is 0 Å². The number of unbranched alkanes of at least 4 members (excludes halogenated alkanes) is 3. The Morgan fingerprint density at radius 3 is 2.50 bits per heavy atom. The molecule has 0 saturated heterocycles. The lowest BCUT2D eigenvalue weighted by molar-refractivity contribution is -0.144. The van der Waals surface area contributed by atoms with Gasteiger partial charge >= 0.3 is 5.97 Å². The van der Waals surface area contributed by atoms with Gasteiger partial charge in [-0.05, 0) is 57.1 Å². The number of aliphatic carboxylic acids is 1. The van der Waals surface area contributed by atoms with Gasteiger partial charge in [-0.2, -0.15) is 11.8 Å². The fraction of sp³-hybridized carbons (Fsp3) is 0.933. The molecule has 1 aliphatic rings. The Labute approximate surface area is 126 Å². The van der Waals surface area contributed by atoms with Crippen LogP contribution in [-0.2, 0) is 4.79 Å². The summed E-state index contributed by atoms with van der Waals surface area (Å²) in [4.78, 5) is 10.9. The topological polar surface area (TPSA) is 69.6 Å². The summed E-state index contributed by atoms with van der Waals surface area (Å²) in [6.07, 6.45) is 9.52. The minimum Gasteiger partial charge on any atom is -0.481 e. The first-order valence-corrected chi connectivity index (χ1v) is 9.12. The molecule has 5 heteroatoms. The van der Waals surface area contributed by atoms with Crippen LogP contribution in [0.25, 0.3) is 0 Å². The first-order chi connectivity index (χ1) is 9.57. The van der Waals surface area contributed by atoms with Crippen molar-refractivity contribution in [2.24, 2.45) is 5.92 Å². The maximum absolute atomic E-state index is 10.9. The summed E-state index contributed by atoms with van der Waals surface area (Å²) in [5.41, 5.74) is -0.690. The van der Waals surface area contributed by atoms with Crippen molar-refractivity contribution in [2.45, 2.75) is 57.0 Å². The molecule has 0 bridgehead atoms. The van der Waals surface area contributed by atoms with Crippen LogP contribution in [0.5, 0.6) is 0 Å². The summed E-state index contributed by atoms with van der Waals surface area (Å²) in [6, 6.07) is 0. The molecule has 0 unspecified atom stereocenters. The maximum atomic E-state index is 10.9. The van der Waals surface area contributed by atoms with Gasteiger partial charge in [0, 0.05) is 6.54 Å². The molecule has 0 spiro atoms. The third-order valence-corrected chi connectivity index (χ3v) is 4.87. The van der Waals surface area contributed by atoms with E-state index in [1.807, 2.05) is 11.8 Å². The minimum absolute atomic E-state index is 0.258. The Bertz CT molecular complexity index is 278. The molecule has 0 heterocycles. The Morgan fingerprint density at radius 1 is 1.25 bits per heavy atom. The number of hydrogen-bond acceptors (Lipinski definition) is 4. The van der Waals surface area contributed by atoms with E-state index in [-0.39, 0.29) is 5.92 Å². The fourth-order valence-corrected chi connectivity index (χ4v) is 3.24. The molecule has 0 aromatic rings. The van der Waals surface area contributed by atoms with Crippen molar-refractivity contribution < 1.29 is 15.0 Å². The number of aliphatic hydroxyl groups is 1. The number of hydrogen-bond donors (Lipinski definition) is 3. The summed E-state index contributed by atoms with van der Waals surface area (Å²) < 4.78 is 0. The van der Waals surface area contributed by atoms with E-state index in [4.69, 9.17) is 5.11 Å².